The van der Waals surface area contributed by atoms with Crippen molar-refractivity contribution in [1.82, 2.24) is 0 Å². The summed E-state index contributed by atoms with van der Waals surface area (Å²) in [5, 5.41) is 24.8. The highest BCUT2D eigenvalue weighted by molar-refractivity contribution is 5.09. The molecular formula is C14H9F21O6. The summed E-state index contributed by atoms with van der Waals surface area (Å²) in [6.07, 6.45) is -57.4. The summed E-state index contributed by atoms with van der Waals surface area (Å²) in [4.78, 5) is 0. The second kappa shape index (κ2) is 10.8. The third kappa shape index (κ3) is 6.47. The van der Waals surface area contributed by atoms with E-state index in [1.807, 2.05) is 0 Å². The van der Waals surface area contributed by atoms with E-state index < -0.39 is 85.8 Å². The Kier molecular flexibility index (Phi) is 10.3. The van der Waals surface area contributed by atoms with Crippen molar-refractivity contribution in [2.24, 2.45) is 5.41 Å². The molecule has 0 rings (SSSR count). The van der Waals surface area contributed by atoms with E-state index in [9.17, 15) is 92.2 Å². The van der Waals surface area contributed by atoms with Gasteiger partial charge in [-0.2, -0.15) is 92.2 Å². The Bertz CT molecular complexity index is 792. The summed E-state index contributed by atoms with van der Waals surface area (Å²) in [5.41, 5.74) is -9.17. The lowest BCUT2D eigenvalue weighted by atomic mass is 9.81. The molecule has 0 aliphatic rings. The maximum atomic E-state index is 14.5. The van der Waals surface area contributed by atoms with E-state index in [-0.39, 0.29) is 0 Å². The molecular weight excluding hydrogens is 663 g/mol. The van der Waals surface area contributed by atoms with Crippen molar-refractivity contribution in [3.05, 3.63) is 0 Å². The van der Waals surface area contributed by atoms with Crippen LogP contribution < -0.4 is 0 Å². The number of rotatable bonds is 12. The molecule has 0 saturated carbocycles. The molecule has 0 saturated heterocycles. The van der Waals surface area contributed by atoms with E-state index in [0.29, 0.717) is 0 Å². The Morgan fingerprint density at radius 2 is 0.488 bits per heavy atom. The van der Waals surface area contributed by atoms with Gasteiger partial charge in [-0.3, -0.25) is 14.2 Å². The highest BCUT2D eigenvalue weighted by Gasteiger charge is 2.97. The van der Waals surface area contributed by atoms with Gasteiger partial charge in [-0.05, 0) is 0 Å². The lowest BCUT2D eigenvalue weighted by molar-refractivity contribution is -0.596. The van der Waals surface area contributed by atoms with Gasteiger partial charge in [0.25, 0.3) is 0 Å². The van der Waals surface area contributed by atoms with E-state index in [1.165, 1.54) is 0 Å². The number of aliphatic hydroxyl groups is 3. The van der Waals surface area contributed by atoms with Crippen molar-refractivity contribution in [3.8, 4) is 0 Å². The zero-order chi connectivity index (χ0) is 33.7. The summed E-state index contributed by atoms with van der Waals surface area (Å²) in [5.74, 6) is -20.9. The van der Waals surface area contributed by atoms with Gasteiger partial charge in [0.2, 0.25) is 0 Å². The first-order valence-electron chi connectivity index (χ1n) is 8.95. The molecule has 0 aromatic carbocycles. The fourth-order valence-electron chi connectivity index (χ4n) is 2.38. The van der Waals surface area contributed by atoms with Gasteiger partial charge < -0.3 is 15.3 Å². The maximum Gasteiger partial charge on any atom is 0.451 e. The second-order valence-electron chi connectivity index (χ2n) is 7.26. The summed E-state index contributed by atoms with van der Waals surface area (Å²) >= 11 is 0. The van der Waals surface area contributed by atoms with Gasteiger partial charge in [-0.1, -0.05) is 0 Å². The maximum absolute atomic E-state index is 14.5. The summed E-state index contributed by atoms with van der Waals surface area (Å²) < 4.78 is 289. The van der Waals surface area contributed by atoms with Gasteiger partial charge in [0.05, 0.1) is 0 Å². The zero-order valence-corrected chi connectivity index (χ0v) is 18.1. The Morgan fingerprint density at radius 1 is 0.317 bits per heavy atom. The SMILES string of the molecule is OCC(F)(OC(F)(F)C(C(F)(F)F)(C(F)(F)OC(F)(CO)C(F)(F)F)C(F)(F)OC(F)(CO)C(F)(F)F)C(F)(F)F. The number of hydrogen-bond acceptors (Lipinski definition) is 6. The van der Waals surface area contributed by atoms with Crippen LogP contribution in [0.15, 0.2) is 0 Å². The number of hydrogen-bond donors (Lipinski definition) is 3. The lowest BCUT2D eigenvalue weighted by Crippen LogP contribution is -2.77. The van der Waals surface area contributed by atoms with E-state index >= 15 is 0 Å². The molecule has 0 spiro atoms. The van der Waals surface area contributed by atoms with Crippen molar-refractivity contribution >= 4 is 0 Å². The molecule has 27 heteroatoms. The topological polar surface area (TPSA) is 88.4 Å². The van der Waals surface area contributed by atoms with Crippen LogP contribution in [0, 0.1) is 5.41 Å². The molecule has 0 aliphatic carbocycles. The van der Waals surface area contributed by atoms with E-state index in [1.54, 1.807) is 14.2 Å². The summed E-state index contributed by atoms with van der Waals surface area (Å²) in [7, 11) is 0. The highest BCUT2D eigenvalue weighted by atomic mass is 19.4. The normalized spacial score (nSPS) is 21.1. The minimum atomic E-state index is -9.17. The van der Waals surface area contributed by atoms with Crippen LogP contribution in [-0.4, -0.2) is 95.7 Å². The molecule has 3 N–H and O–H groups in total. The first-order chi connectivity index (χ1) is 17.6. The number of halogens is 21. The van der Waals surface area contributed by atoms with Crippen molar-refractivity contribution in [3.63, 3.8) is 0 Å². The number of alkyl halides is 21. The van der Waals surface area contributed by atoms with Gasteiger partial charge in [0.1, 0.15) is 19.8 Å². The van der Waals surface area contributed by atoms with Crippen LogP contribution in [0.5, 0.6) is 0 Å². The van der Waals surface area contributed by atoms with Crippen LogP contribution in [0.3, 0.4) is 0 Å². The van der Waals surface area contributed by atoms with Crippen LogP contribution in [0.4, 0.5) is 92.2 Å². The van der Waals surface area contributed by atoms with Crippen LogP contribution in [0.2, 0.25) is 0 Å². The third-order valence-corrected chi connectivity index (χ3v) is 4.48. The molecule has 0 radical (unpaired) electrons. The minimum absolute atomic E-state index is 1.62. The predicted molar refractivity (Wildman–Crippen MR) is 77.5 cm³/mol. The first-order valence-corrected chi connectivity index (χ1v) is 8.95. The second-order valence-corrected chi connectivity index (χ2v) is 7.26. The standard InChI is InChI=1S/C14H9F21O6/c15-4(1-36,8(18,19)20)39-12(30,31)7(11(27,28)29,13(32,33)40-5(16,2-37)9(21,22)23)14(34,35)41-6(17,3-38)10(24,25)26/h36-38H,1-3H2. The van der Waals surface area contributed by atoms with Gasteiger partial charge >= 0.3 is 66.0 Å². The molecule has 0 heterocycles. The predicted octanol–water partition coefficient (Wildman–Crippen LogP) is 5.02. The average molecular weight is 672 g/mol. The Hall–Kier alpha value is -1.71. The van der Waals surface area contributed by atoms with Gasteiger partial charge in [-0.15, -0.1) is 0 Å². The molecule has 0 amide bonds. The van der Waals surface area contributed by atoms with Crippen LogP contribution in [-0.2, 0) is 14.2 Å². The van der Waals surface area contributed by atoms with Crippen molar-refractivity contribution in [2.45, 2.75) is 60.6 Å². The molecule has 0 aromatic heterocycles. The molecule has 0 aromatic rings. The number of aliphatic hydroxyl groups excluding tert-OH is 3. The lowest BCUT2D eigenvalue weighted by Gasteiger charge is -2.50. The molecule has 3 atom stereocenters. The number of ether oxygens (including phenoxy) is 3. The first kappa shape index (κ1) is 39.3. The average Bonchev–Trinajstić information content (AvgIpc) is 2.68. The molecule has 3 unspecified atom stereocenters. The van der Waals surface area contributed by atoms with Gasteiger partial charge in [-0.25, -0.2) is 0 Å². The van der Waals surface area contributed by atoms with Crippen molar-refractivity contribution in [2.75, 3.05) is 19.8 Å². The molecule has 0 fully saturated rings. The summed E-state index contributed by atoms with van der Waals surface area (Å²) in [6, 6.07) is 0. The molecule has 6 nitrogen and oxygen atoms in total. The van der Waals surface area contributed by atoms with Gasteiger partial charge in [0, 0.05) is 0 Å². The highest BCUT2D eigenvalue weighted by Crippen LogP contribution is 2.69. The molecule has 41 heavy (non-hydrogen) atoms. The smallest absolute Gasteiger partial charge is 0.390 e. The van der Waals surface area contributed by atoms with Crippen molar-refractivity contribution in [1.29, 1.82) is 0 Å². The van der Waals surface area contributed by atoms with E-state index in [0.717, 1.165) is 0 Å². The van der Waals surface area contributed by atoms with E-state index in [2.05, 4.69) is 0 Å². The monoisotopic (exact) mass is 672 g/mol. The Balaban J connectivity index is 8.17. The summed E-state index contributed by atoms with van der Waals surface area (Å²) in [6.45, 7) is -11.4. The molecule has 0 aliphatic heterocycles. The van der Waals surface area contributed by atoms with E-state index in [4.69, 9.17) is 15.3 Å². The molecule has 0 bridgehead atoms. The van der Waals surface area contributed by atoms with Crippen LogP contribution in [0.25, 0.3) is 0 Å². The quantitative estimate of drug-likeness (QED) is 0.253. The van der Waals surface area contributed by atoms with Crippen LogP contribution >= 0.6 is 0 Å². The minimum Gasteiger partial charge on any atom is -0.390 e. The fourth-order valence-corrected chi connectivity index (χ4v) is 2.38. The van der Waals surface area contributed by atoms with Crippen LogP contribution in [0.1, 0.15) is 0 Å². The third-order valence-electron chi connectivity index (χ3n) is 4.48. The zero-order valence-electron chi connectivity index (χ0n) is 18.1. The largest absolute Gasteiger partial charge is 0.451 e. The molecule has 248 valence electrons. The van der Waals surface area contributed by atoms with Gasteiger partial charge in [0.15, 0.2) is 0 Å². The fraction of sp³-hybridized carbons (Fsp3) is 1.00. The Labute approximate surface area is 209 Å². The Morgan fingerprint density at radius 3 is 0.585 bits per heavy atom. The van der Waals surface area contributed by atoms with Crippen molar-refractivity contribution < 1.29 is 122 Å².